The van der Waals surface area contributed by atoms with Crippen molar-refractivity contribution in [1.82, 2.24) is 14.8 Å². The first-order valence-electron chi connectivity index (χ1n) is 8.12. The number of carboxylic acid groups (broad SMARTS) is 1. The quantitative estimate of drug-likeness (QED) is 0.885. The van der Waals surface area contributed by atoms with Crippen LogP contribution < -0.4 is 0 Å². The minimum atomic E-state index is -0.865. The molecular weight excluding hydrogens is 338 g/mol. The van der Waals surface area contributed by atoms with E-state index < -0.39 is 11.9 Å². The molecule has 0 aliphatic carbocycles. The molecule has 1 saturated heterocycles. The molecule has 1 aromatic heterocycles. The lowest BCUT2D eigenvalue weighted by Gasteiger charge is -2.15. The maximum atomic E-state index is 12.8. The third kappa shape index (κ3) is 3.88. The highest BCUT2D eigenvalue weighted by Gasteiger charge is 2.41. The van der Waals surface area contributed by atoms with Gasteiger partial charge in [-0.1, -0.05) is 30.3 Å². The molecule has 0 unspecified atom stereocenters. The van der Waals surface area contributed by atoms with Gasteiger partial charge in [0.05, 0.1) is 5.92 Å². The van der Waals surface area contributed by atoms with Crippen LogP contribution in [0.2, 0.25) is 0 Å². The molecule has 25 heavy (non-hydrogen) atoms. The Kier molecular flexibility index (Phi) is 5.15. The van der Waals surface area contributed by atoms with E-state index in [2.05, 4.69) is 4.98 Å². The summed E-state index contributed by atoms with van der Waals surface area (Å²) in [6.07, 6.45) is 0. The SMILES string of the molecule is CN(C)Cc1nc(C(=O)N2C[C@H](C(=O)O)[C@@H](c3ccccc3)C2)cs1. The van der Waals surface area contributed by atoms with Crippen LogP contribution in [0.1, 0.15) is 27.0 Å². The molecule has 6 nitrogen and oxygen atoms in total. The van der Waals surface area contributed by atoms with Gasteiger partial charge in [-0.15, -0.1) is 11.3 Å². The van der Waals surface area contributed by atoms with Crippen LogP contribution in [0, 0.1) is 5.92 Å². The zero-order valence-electron chi connectivity index (χ0n) is 14.3. The Morgan fingerprint density at radius 2 is 2.00 bits per heavy atom. The summed E-state index contributed by atoms with van der Waals surface area (Å²) in [4.78, 5) is 32.4. The van der Waals surface area contributed by atoms with Gasteiger partial charge >= 0.3 is 5.97 Å². The average Bonchev–Trinajstić information content (AvgIpc) is 3.21. The maximum absolute atomic E-state index is 12.8. The molecule has 0 bridgehead atoms. The molecule has 1 N–H and O–H groups in total. The van der Waals surface area contributed by atoms with E-state index in [0.717, 1.165) is 10.6 Å². The van der Waals surface area contributed by atoms with Crippen molar-refractivity contribution in [3.63, 3.8) is 0 Å². The fraction of sp³-hybridized carbons (Fsp3) is 0.389. The van der Waals surface area contributed by atoms with Crippen LogP contribution in [-0.2, 0) is 11.3 Å². The molecule has 3 rings (SSSR count). The zero-order valence-corrected chi connectivity index (χ0v) is 15.1. The molecule has 1 fully saturated rings. The number of carbonyl (C=O) groups excluding carboxylic acids is 1. The van der Waals surface area contributed by atoms with Crippen molar-refractivity contribution >= 4 is 23.2 Å². The second-order valence-corrected chi connectivity index (χ2v) is 7.48. The van der Waals surface area contributed by atoms with E-state index in [0.29, 0.717) is 18.8 Å². The molecule has 2 atom stereocenters. The first-order chi connectivity index (χ1) is 12.0. The van der Waals surface area contributed by atoms with Crippen molar-refractivity contribution in [3.8, 4) is 0 Å². The third-order valence-corrected chi connectivity index (χ3v) is 5.21. The topological polar surface area (TPSA) is 73.7 Å². The minimum absolute atomic E-state index is 0.189. The smallest absolute Gasteiger partial charge is 0.308 e. The van der Waals surface area contributed by atoms with Crippen molar-refractivity contribution < 1.29 is 14.7 Å². The summed E-state index contributed by atoms with van der Waals surface area (Å²) in [7, 11) is 3.90. The van der Waals surface area contributed by atoms with Crippen molar-refractivity contribution in [2.75, 3.05) is 27.2 Å². The third-order valence-electron chi connectivity index (χ3n) is 4.37. The van der Waals surface area contributed by atoms with E-state index in [9.17, 15) is 14.7 Å². The fourth-order valence-corrected chi connectivity index (χ4v) is 4.06. The average molecular weight is 359 g/mol. The van der Waals surface area contributed by atoms with E-state index in [1.807, 2.05) is 49.3 Å². The van der Waals surface area contributed by atoms with E-state index >= 15 is 0 Å². The van der Waals surface area contributed by atoms with Gasteiger partial charge in [0.1, 0.15) is 10.7 Å². The van der Waals surface area contributed by atoms with Crippen LogP contribution in [0.3, 0.4) is 0 Å². The number of aromatic nitrogens is 1. The summed E-state index contributed by atoms with van der Waals surface area (Å²) >= 11 is 1.45. The molecule has 0 spiro atoms. The summed E-state index contributed by atoms with van der Waals surface area (Å²) in [6, 6.07) is 9.54. The number of thiazole rings is 1. The Labute approximate surface area is 150 Å². The van der Waals surface area contributed by atoms with Crippen LogP contribution in [0.15, 0.2) is 35.7 Å². The number of nitrogens with zero attached hydrogens (tertiary/aromatic N) is 3. The first kappa shape index (κ1) is 17.6. The van der Waals surface area contributed by atoms with Gasteiger partial charge in [-0.05, 0) is 19.7 Å². The van der Waals surface area contributed by atoms with Crippen LogP contribution >= 0.6 is 11.3 Å². The highest BCUT2D eigenvalue weighted by Crippen LogP contribution is 2.33. The first-order valence-corrected chi connectivity index (χ1v) is 9.00. The number of hydrogen-bond acceptors (Lipinski definition) is 5. The summed E-state index contributed by atoms with van der Waals surface area (Å²) in [5.41, 5.74) is 1.36. The second kappa shape index (κ2) is 7.33. The van der Waals surface area contributed by atoms with Crippen molar-refractivity contribution in [2.24, 2.45) is 5.92 Å². The van der Waals surface area contributed by atoms with Crippen molar-refractivity contribution in [1.29, 1.82) is 0 Å². The molecule has 2 aromatic rings. The predicted molar refractivity (Wildman–Crippen MR) is 95.7 cm³/mol. The van der Waals surface area contributed by atoms with Gasteiger partial charge in [-0.25, -0.2) is 4.98 Å². The largest absolute Gasteiger partial charge is 0.481 e. The van der Waals surface area contributed by atoms with Crippen molar-refractivity contribution in [2.45, 2.75) is 12.5 Å². The van der Waals surface area contributed by atoms with Crippen LogP contribution in [-0.4, -0.2) is 59.0 Å². The molecule has 132 valence electrons. The second-order valence-electron chi connectivity index (χ2n) is 6.54. The van der Waals surface area contributed by atoms with Gasteiger partial charge in [0.25, 0.3) is 5.91 Å². The summed E-state index contributed by atoms with van der Waals surface area (Å²) in [6.45, 7) is 1.30. The molecule has 1 amide bonds. The summed E-state index contributed by atoms with van der Waals surface area (Å²) in [5.74, 6) is -1.84. The number of rotatable bonds is 5. The van der Waals surface area contributed by atoms with E-state index in [4.69, 9.17) is 0 Å². The van der Waals surface area contributed by atoms with Crippen molar-refractivity contribution in [3.05, 3.63) is 52.0 Å². The molecule has 1 aromatic carbocycles. The number of carbonyl (C=O) groups is 2. The lowest BCUT2D eigenvalue weighted by molar-refractivity contribution is -0.141. The number of hydrogen-bond donors (Lipinski definition) is 1. The highest BCUT2D eigenvalue weighted by atomic mass is 32.1. The Hall–Kier alpha value is -2.25. The van der Waals surface area contributed by atoms with E-state index in [1.54, 1.807) is 10.3 Å². The Bertz CT molecular complexity index is 760. The van der Waals surface area contributed by atoms with Gasteiger partial charge in [-0.2, -0.15) is 0 Å². The molecule has 1 aliphatic heterocycles. The number of amides is 1. The lowest BCUT2D eigenvalue weighted by atomic mass is 9.89. The Balaban J connectivity index is 1.78. The summed E-state index contributed by atoms with van der Waals surface area (Å²) in [5, 5.41) is 12.2. The number of carboxylic acids is 1. The van der Waals surface area contributed by atoms with Gasteiger partial charge < -0.3 is 14.9 Å². The van der Waals surface area contributed by atoms with Gasteiger partial charge in [0.15, 0.2) is 0 Å². The number of benzene rings is 1. The predicted octanol–water partition coefficient (Wildman–Crippen LogP) is 2.15. The van der Waals surface area contributed by atoms with E-state index in [-0.39, 0.29) is 18.4 Å². The molecule has 0 radical (unpaired) electrons. The lowest BCUT2D eigenvalue weighted by Crippen LogP contribution is -2.30. The molecule has 1 aliphatic rings. The summed E-state index contributed by atoms with van der Waals surface area (Å²) < 4.78 is 0. The van der Waals surface area contributed by atoms with Gasteiger partial charge in [-0.3, -0.25) is 9.59 Å². The standard InChI is InChI=1S/C18H21N3O3S/c1-20(2)10-16-19-15(11-25-16)17(22)21-8-13(14(9-21)18(23)24)12-6-4-3-5-7-12/h3-7,11,13-14H,8-10H2,1-2H3,(H,23,24)/t13-,14+/m1/s1. The fourth-order valence-electron chi connectivity index (χ4n) is 3.17. The number of likely N-dealkylation sites (tertiary alicyclic amines) is 1. The normalized spacial score (nSPS) is 20.2. The monoisotopic (exact) mass is 359 g/mol. The zero-order chi connectivity index (χ0) is 18.0. The highest BCUT2D eigenvalue weighted by molar-refractivity contribution is 7.09. The van der Waals surface area contributed by atoms with Gasteiger partial charge in [0, 0.05) is 30.9 Å². The van der Waals surface area contributed by atoms with Gasteiger partial charge in [0.2, 0.25) is 0 Å². The Morgan fingerprint density at radius 3 is 2.64 bits per heavy atom. The maximum Gasteiger partial charge on any atom is 0.308 e. The molecule has 7 heteroatoms. The number of aliphatic carboxylic acids is 1. The van der Waals surface area contributed by atoms with Crippen LogP contribution in [0.4, 0.5) is 0 Å². The molecular formula is C18H21N3O3S. The van der Waals surface area contributed by atoms with Crippen LogP contribution in [0.25, 0.3) is 0 Å². The van der Waals surface area contributed by atoms with Crippen LogP contribution in [0.5, 0.6) is 0 Å². The minimum Gasteiger partial charge on any atom is -0.481 e. The van der Waals surface area contributed by atoms with E-state index in [1.165, 1.54) is 11.3 Å². The Morgan fingerprint density at radius 1 is 1.28 bits per heavy atom. The molecule has 0 saturated carbocycles. The molecule has 2 heterocycles.